The number of imidazole rings is 1. The van der Waals surface area contributed by atoms with E-state index in [4.69, 9.17) is 0 Å². The first-order valence-electron chi connectivity index (χ1n) is 7.78. The van der Waals surface area contributed by atoms with Gasteiger partial charge in [0, 0.05) is 30.5 Å². The van der Waals surface area contributed by atoms with Crippen molar-refractivity contribution in [3.63, 3.8) is 0 Å². The number of aliphatic hydroxyl groups is 1. The second kappa shape index (κ2) is 6.41. The number of nitrogens with one attached hydrogen (secondary N) is 1. The summed E-state index contributed by atoms with van der Waals surface area (Å²) in [7, 11) is 1.80. The van der Waals surface area contributed by atoms with E-state index < -0.39 is 6.10 Å². The van der Waals surface area contributed by atoms with Crippen LogP contribution in [-0.2, 0) is 7.05 Å². The standard InChI is InChI=1S/C18H20N4O2/c1-11-5-4-6-13-14(9-12(2)21-16(11)13)18(24)20-10-15(23)17-19-7-8-22(17)3/h4-9,15,23H,10H2,1-3H3,(H,20,24)/t15-/m1/s1. The van der Waals surface area contributed by atoms with Crippen LogP contribution in [0.4, 0.5) is 0 Å². The number of fused-ring (bicyclic) bond motifs is 1. The summed E-state index contributed by atoms with van der Waals surface area (Å²) in [4.78, 5) is 21.2. The minimum atomic E-state index is -0.857. The summed E-state index contributed by atoms with van der Waals surface area (Å²) in [5.74, 6) is 0.284. The Hall–Kier alpha value is -2.73. The molecule has 6 heteroatoms. The number of aryl methyl sites for hydroxylation is 3. The fourth-order valence-corrected chi connectivity index (χ4v) is 2.78. The highest BCUT2D eigenvalue weighted by atomic mass is 16.3. The van der Waals surface area contributed by atoms with Crippen molar-refractivity contribution in [3.8, 4) is 0 Å². The first-order valence-corrected chi connectivity index (χ1v) is 7.78. The maximum atomic E-state index is 12.6. The Morgan fingerprint density at radius 2 is 2.17 bits per heavy atom. The summed E-state index contributed by atoms with van der Waals surface area (Å²) in [6, 6.07) is 7.54. The molecule has 1 amide bonds. The van der Waals surface area contributed by atoms with Crippen molar-refractivity contribution in [2.45, 2.75) is 20.0 Å². The number of hydrogen-bond acceptors (Lipinski definition) is 4. The molecule has 24 heavy (non-hydrogen) atoms. The number of rotatable bonds is 4. The molecule has 0 saturated heterocycles. The van der Waals surface area contributed by atoms with Crippen molar-refractivity contribution >= 4 is 16.8 Å². The largest absolute Gasteiger partial charge is 0.383 e. The number of carbonyl (C=O) groups is 1. The van der Waals surface area contributed by atoms with Gasteiger partial charge in [-0.05, 0) is 25.5 Å². The molecule has 2 N–H and O–H groups in total. The number of benzene rings is 1. The van der Waals surface area contributed by atoms with Crippen molar-refractivity contribution < 1.29 is 9.90 Å². The molecule has 6 nitrogen and oxygen atoms in total. The van der Waals surface area contributed by atoms with Gasteiger partial charge in [0.25, 0.3) is 5.91 Å². The third-order valence-corrected chi connectivity index (χ3v) is 4.03. The van der Waals surface area contributed by atoms with Gasteiger partial charge in [0.15, 0.2) is 0 Å². The van der Waals surface area contributed by atoms with Crippen molar-refractivity contribution in [1.82, 2.24) is 19.9 Å². The molecule has 3 aromatic rings. The van der Waals surface area contributed by atoms with Gasteiger partial charge >= 0.3 is 0 Å². The molecular weight excluding hydrogens is 304 g/mol. The molecule has 0 bridgehead atoms. The van der Waals surface area contributed by atoms with Crippen LogP contribution in [0.5, 0.6) is 0 Å². The van der Waals surface area contributed by atoms with Gasteiger partial charge in [-0.3, -0.25) is 9.78 Å². The van der Waals surface area contributed by atoms with E-state index in [1.165, 1.54) is 0 Å². The van der Waals surface area contributed by atoms with Crippen LogP contribution < -0.4 is 5.32 Å². The van der Waals surface area contributed by atoms with E-state index in [1.54, 1.807) is 30.1 Å². The van der Waals surface area contributed by atoms with E-state index in [0.29, 0.717) is 11.4 Å². The van der Waals surface area contributed by atoms with E-state index in [2.05, 4.69) is 15.3 Å². The normalized spacial score (nSPS) is 12.3. The topological polar surface area (TPSA) is 80.0 Å². The molecule has 0 aliphatic rings. The molecule has 2 aromatic heterocycles. The van der Waals surface area contributed by atoms with Crippen molar-refractivity contribution in [3.05, 3.63) is 59.3 Å². The smallest absolute Gasteiger partial charge is 0.252 e. The molecule has 3 rings (SSSR count). The van der Waals surface area contributed by atoms with E-state index in [-0.39, 0.29) is 12.5 Å². The molecule has 0 saturated carbocycles. The number of carbonyl (C=O) groups excluding carboxylic acids is 1. The summed E-state index contributed by atoms with van der Waals surface area (Å²) >= 11 is 0. The molecule has 124 valence electrons. The first kappa shape index (κ1) is 16.1. The lowest BCUT2D eigenvalue weighted by Gasteiger charge is -2.13. The molecule has 1 atom stereocenters. The lowest BCUT2D eigenvalue weighted by molar-refractivity contribution is 0.0911. The fraction of sp³-hybridized carbons (Fsp3) is 0.278. The number of aliphatic hydroxyl groups excluding tert-OH is 1. The van der Waals surface area contributed by atoms with E-state index >= 15 is 0 Å². The van der Waals surface area contributed by atoms with Gasteiger partial charge in [0.2, 0.25) is 0 Å². The molecular formula is C18H20N4O2. The fourth-order valence-electron chi connectivity index (χ4n) is 2.78. The summed E-state index contributed by atoms with van der Waals surface area (Å²) < 4.78 is 1.73. The van der Waals surface area contributed by atoms with Crippen LogP contribution in [0.3, 0.4) is 0 Å². The Labute approximate surface area is 140 Å². The van der Waals surface area contributed by atoms with E-state index in [1.807, 2.05) is 32.0 Å². The van der Waals surface area contributed by atoms with Crippen LogP contribution >= 0.6 is 0 Å². The highest BCUT2D eigenvalue weighted by Gasteiger charge is 2.17. The SMILES string of the molecule is Cc1cc(C(=O)NC[C@@H](O)c2nccn2C)c2cccc(C)c2n1. The number of para-hydroxylation sites is 1. The third kappa shape index (κ3) is 3.00. The van der Waals surface area contributed by atoms with Gasteiger partial charge in [-0.15, -0.1) is 0 Å². The lowest BCUT2D eigenvalue weighted by atomic mass is 10.0. The van der Waals surface area contributed by atoms with Gasteiger partial charge < -0.3 is 15.0 Å². The zero-order valence-corrected chi connectivity index (χ0v) is 13.9. The average Bonchev–Trinajstić information content (AvgIpc) is 2.98. The number of nitrogens with zero attached hydrogens (tertiary/aromatic N) is 3. The summed E-state index contributed by atoms with van der Waals surface area (Å²) in [6.45, 7) is 3.94. The molecule has 0 radical (unpaired) electrons. The highest BCUT2D eigenvalue weighted by molar-refractivity contribution is 6.06. The van der Waals surface area contributed by atoms with Crippen LogP contribution in [0.1, 0.15) is 33.5 Å². The van der Waals surface area contributed by atoms with Gasteiger partial charge in [0.1, 0.15) is 11.9 Å². The summed E-state index contributed by atoms with van der Waals surface area (Å²) in [5, 5.41) is 13.8. The zero-order valence-electron chi connectivity index (χ0n) is 13.9. The van der Waals surface area contributed by atoms with Gasteiger partial charge in [-0.1, -0.05) is 18.2 Å². The molecule has 0 unspecified atom stereocenters. The van der Waals surface area contributed by atoms with Gasteiger partial charge in [0.05, 0.1) is 17.6 Å². The third-order valence-electron chi connectivity index (χ3n) is 4.03. The minimum absolute atomic E-state index is 0.0956. The number of amides is 1. The highest BCUT2D eigenvalue weighted by Crippen LogP contribution is 2.21. The molecule has 1 aromatic carbocycles. The van der Waals surface area contributed by atoms with Crippen LogP contribution in [0.25, 0.3) is 10.9 Å². The maximum Gasteiger partial charge on any atom is 0.252 e. The van der Waals surface area contributed by atoms with E-state index in [0.717, 1.165) is 22.2 Å². The van der Waals surface area contributed by atoms with Crippen molar-refractivity contribution in [1.29, 1.82) is 0 Å². The average molecular weight is 324 g/mol. The monoisotopic (exact) mass is 324 g/mol. The van der Waals surface area contributed by atoms with Crippen LogP contribution in [-0.4, -0.2) is 32.1 Å². The number of aromatic nitrogens is 3. The molecule has 0 fully saturated rings. The summed E-state index contributed by atoms with van der Waals surface area (Å²) in [5.41, 5.74) is 3.20. The van der Waals surface area contributed by atoms with Crippen LogP contribution in [0, 0.1) is 13.8 Å². The molecule has 0 aliphatic heterocycles. The predicted molar refractivity (Wildman–Crippen MR) is 91.7 cm³/mol. The van der Waals surface area contributed by atoms with Crippen LogP contribution in [0.2, 0.25) is 0 Å². The number of pyridine rings is 1. The summed E-state index contributed by atoms with van der Waals surface area (Å²) in [6.07, 6.45) is 2.51. The van der Waals surface area contributed by atoms with Crippen molar-refractivity contribution in [2.24, 2.45) is 7.05 Å². The van der Waals surface area contributed by atoms with Gasteiger partial charge in [-0.2, -0.15) is 0 Å². The Morgan fingerprint density at radius 1 is 1.38 bits per heavy atom. The molecule has 2 heterocycles. The Kier molecular flexibility index (Phi) is 4.31. The zero-order chi connectivity index (χ0) is 17.3. The first-order chi connectivity index (χ1) is 11.5. The lowest BCUT2D eigenvalue weighted by Crippen LogP contribution is -2.29. The number of hydrogen-bond donors (Lipinski definition) is 2. The Balaban J connectivity index is 1.84. The minimum Gasteiger partial charge on any atom is -0.383 e. The molecule has 0 spiro atoms. The predicted octanol–water partition coefficient (Wildman–Crippen LogP) is 2.05. The second-order valence-corrected chi connectivity index (χ2v) is 5.90. The van der Waals surface area contributed by atoms with E-state index in [9.17, 15) is 9.90 Å². The van der Waals surface area contributed by atoms with Gasteiger partial charge in [-0.25, -0.2) is 4.98 Å². The Bertz CT molecular complexity index is 901. The maximum absolute atomic E-state index is 12.6. The van der Waals surface area contributed by atoms with Crippen molar-refractivity contribution in [2.75, 3.05) is 6.54 Å². The second-order valence-electron chi connectivity index (χ2n) is 5.90. The van der Waals surface area contributed by atoms with Crippen LogP contribution in [0.15, 0.2) is 36.7 Å². The Morgan fingerprint density at radius 3 is 2.88 bits per heavy atom. The quantitative estimate of drug-likeness (QED) is 0.770. The molecule has 0 aliphatic carbocycles.